The van der Waals surface area contributed by atoms with E-state index in [1.807, 2.05) is 0 Å². The zero-order valence-corrected chi connectivity index (χ0v) is 5.96. The van der Waals surface area contributed by atoms with E-state index in [1.54, 1.807) is 0 Å². The van der Waals surface area contributed by atoms with Crippen molar-refractivity contribution in [1.82, 2.24) is 0 Å². The van der Waals surface area contributed by atoms with Gasteiger partial charge in [-0.1, -0.05) is 0 Å². The monoisotopic (exact) mass is 202 g/mol. The maximum Gasteiger partial charge on any atom is 0.673 e. The van der Waals surface area contributed by atoms with Gasteiger partial charge in [0.2, 0.25) is 0 Å². The molecule has 0 spiro atoms. The van der Waals surface area contributed by atoms with Gasteiger partial charge in [-0.05, 0) is 0 Å². The molecule has 0 aliphatic heterocycles. The molecule has 6 heteroatoms. The molecule has 0 aliphatic rings. The summed E-state index contributed by atoms with van der Waals surface area (Å²) in [4.78, 5) is 0. The summed E-state index contributed by atoms with van der Waals surface area (Å²) in [5.74, 6) is 0. The van der Waals surface area contributed by atoms with Crippen molar-refractivity contribution in [3.8, 4) is 0 Å². The van der Waals surface area contributed by atoms with Crippen LogP contribution < -0.4 is 0 Å². The maximum atomic E-state index is 9.75. The molecular formula is BF4In-. The molecule has 0 heterocycles. The van der Waals surface area contributed by atoms with E-state index >= 15 is 0 Å². The van der Waals surface area contributed by atoms with Crippen molar-refractivity contribution in [2.45, 2.75) is 0 Å². The smallest absolute Gasteiger partial charge is 0.418 e. The Morgan fingerprint density at radius 1 is 0.833 bits per heavy atom. The van der Waals surface area contributed by atoms with Crippen LogP contribution in [0.2, 0.25) is 0 Å². The average molecular weight is 202 g/mol. The van der Waals surface area contributed by atoms with Crippen molar-refractivity contribution in [3.05, 3.63) is 0 Å². The molecule has 0 aromatic heterocycles. The first kappa shape index (κ1) is 9.82. The van der Waals surface area contributed by atoms with Gasteiger partial charge < -0.3 is 17.3 Å². The quantitative estimate of drug-likeness (QED) is 0.404. The second kappa shape index (κ2) is 2.77. The van der Waals surface area contributed by atoms with Gasteiger partial charge in [-0.15, -0.1) is 0 Å². The first-order valence-electron chi connectivity index (χ1n) is 0.873. The van der Waals surface area contributed by atoms with Crippen molar-refractivity contribution in [2.24, 2.45) is 0 Å². The van der Waals surface area contributed by atoms with Gasteiger partial charge >= 0.3 is 7.25 Å². The predicted octanol–water partition coefficient (Wildman–Crippen LogP) is 0.919. The van der Waals surface area contributed by atoms with Crippen LogP contribution in [0.5, 0.6) is 0 Å². The fraction of sp³-hybridized carbons (Fsp3) is 0. The second-order valence-electron chi connectivity index (χ2n) is 0.495. The third-order valence-electron chi connectivity index (χ3n) is 0. The summed E-state index contributed by atoms with van der Waals surface area (Å²) in [6.07, 6.45) is 0. The molecule has 0 amide bonds. The van der Waals surface area contributed by atoms with Gasteiger partial charge in [0.25, 0.3) is 0 Å². The molecule has 0 aromatic carbocycles. The van der Waals surface area contributed by atoms with E-state index in [-0.39, 0.29) is 25.8 Å². The van der Waals surface area contributed by atoms with Crippen molar-refractivity contribution in [1.29, 1.82) is 0 Å². The fourth-order valence-electron chi connectivity index (χ4n) is 0. The van der Waals surface area contributed by atoms with Gasteiger partial charge in [0.05, 0.1) is 0 Å². The Balaban J connectivity index is 0. The van der Waals surface area contributed by atoms with Crippen molar-refractivity contribution >= 4 is 33.1 Å². The zero-order chi connectivity index (χ0) is 4.50. The molecule has 0 saturated carbocycles. The van der Waals surface area contributed by atoms with Gasteiger partial charge in [-0.2, -0.15) is 0 Å². The van der Waals surface area contributed by atoms with Crippen molar-refractivity contribution in [3.63, 3.8) is 0 Å². The van der Waals surface area contributed by atoms with Crippen molar-refractivity contribution in [2.75, 3.05) is 0 Å². The standard InChI is InChI=1S/BF4.In/c2-1(3,4)5;/q-1;. The summed E-state index contributed by atoms with van der Waals surface area (Å²) in [5, 5.41) is 0. The van der Waals surface area contributed by atoms with E-state index in [1.165, 1.54) is 0 Å². The molecule has 0 aromatic rings. The summed E-state index contributed by atoms with van der Waals surface area (Å²) in [5.41, 5.74) is 0. The van der Waals surface area contributed by atoms with E-state index in [9.17, 15) is 17.3 Å². The largest absolute Gasteiger partial charge is 0.673 e. The Kier molecular flexibility index (Phi) is 4.53. The number of halogens is 4. The summed E-state index contributed by atoms with van der Waals surface area (Å²) in [6.45, 7) is 0. The minimum atomic E-state index is -6.00. The number of hydrogen-bond acceptors (Lipinski definition) is 0. The molecule has 6 heavy (non-hydrogen) atoms. The zero-order valence-electron chi connectivity index (χ0n) is 2.67. The van der Waals surface area contributed by atoms with E-state index in [0.717, 1.165) is 0 Å². The minimum absolute atomic E-state index is 0. The Morgan fingerprint density at radius 2 is 0.833 bits per heavy atom. The average Bonchev–Trinajstić information content (AvgIpc) is 0.722. The van der Waals surface area contributed by atoms with Crippen LogP contribution in [0, 0.1) is 0 Å². The molecule has 0 aliphatic carbocycles. The van der Waals surface area contributed by atoms with Gasteiger partial charge in [0.1, 0.15) is 0 Å². The summed E-state index contributed by atoms with van der Waals surface area (Å²) < 4.78 is 39.0. The third kappa shape index (κ3) is 145. The fourth-order valence-corrected chi connectivity index (χ4v) is 0. The van der Waals surface area contributed by atoms with Crippen LogP contribution in [0.1, 0.15) is 0 Å². The summed E-state index contributed by atoms with van der Waals surface area (Å²) in [6, 6.07) is 0. The molecule has 35 valence electrons. The summed E-state index contributed by atoms with van der Waals surface area (Å²) >= 11 is 0. The number of rotatable bonds is 0. The molecule has 0 bridgehead atoms. The third-order valence-corrected chi connectivity index (χ3v) is 0. The first-order chi connectivity index (χ1) is 2.00. The van der Waals surface area contributed by atoms with Crippen LogP contribution in [-0.4, -0.2) is 33.1 Å². The normalized spacial score (nSPS) is 10.0. The molecule has 0 saturated heterocycles. The molecule has 3 radical (unpaired) electrons. The molecule has 0 fully saturated rings. The maximum absolute atomic E-state index is 9.75. The van der Waals surface area contributed by atoms with Crippen molar-refractivity contribution < 1.29 is 17.3 Å². The van der Waals surface area contributed by atoms with Crippen LogP contribution in [0.3, 0.4) is 0 Å². The molecule has 0 atom stereocenters. The topological polar surface area (TPSA) is 0 Å². The Morgan fingerprint density at radius 3 is 0.833 bits per heavy atom. The summed E-state index contributed by atoms with van der Waals surface area (Å²) in [7, 11) is -6.00. The van der Waals surface area contributed by atoms with E-state index < -0.39 is 7.25 Å². The van der Waals surface area contributed by atoms with Gasteiger partial charge in [0.15, 0.2) is 0 Å². The van der Waals surface area contributed by atoms with E-state index in [4.69, 9.17) is 0 Å². The minimum Gasteiger partial charge on any atom is -0.418 e. The first-order valence-corrected chi connectivity index (χ1v) is 0.873. The number of hydrogen-bond donors (Lipinski definition) is 0. The van der Waals surface area contributed by atoms with Crippen LogP contribution in [0.25, 0.3) is 0 Å². The molecule has 0 unspecified atom stereocenters. The Hall–Kier alpha value is 0.655. The Bertz CT molecular complexity index is 23.0. The predicted molar refractivity (Wildman–Crippen MR) is 15.9 cm³/mol. The Labute approximate surface area is 50.8 Å². The molecule has 0 N–H and O–H groups in total. The molecular weight excluding hydrogens is 202 g/mol. The van der Waals surface area contributed by atoms with E-state index in [0.29, 0.717) is 0 Å². The van der Waals surface area contributed by atoms with Gasteiger partial charge in [-0.3, -0.25) is 0 Å². The van der Waals surface area contributed by atoms with Gasteiger partial charge in [-0.25, -0.2) is 0 Å². The molecule has 0 rings (SSSR count). The van der Waals surface area contributed by atoms with Crippen LogP contribution in [0.15, 0.2) is 0 Å². The molecule has 0 nitrogen and oxygen atoms in total. The van der Waals surface area contributed by atoms with Gasteiger partial charge in [0, 0.05) is 25.8 Å². The van der Waals surface area contributed by atoms with E-state index in [2.05, 4.69) is 0 Å². The van der Waals surface area contributed by atoms with Crippen LogP contribution >= 0.6 is 0 Å². The SMILES string of the molecule is F[B-](F)(F)F.[In]. The second-order valence-corrected chi connectivity index (χ2v) is 0.495. The van der Waals surface area contributed by atoms with Crippen LogP contribution in [0.4, 0.5) is 17.3 Å². The van der Waals surface area contributed by atoms with Crippen LogP contribution in [-0.2, 0) is 0 Å².